The molecular formula is C32H26N2S. The van der Waals surface area contributed by atoms with Crippen LogP contribution in [0.3, 0.4) is 0 Å². The molecule has 35 heavy (non-hydrogen) atoms. The Hall–Kier alpha value is -3.69. The van der Waals surface area contributed by atoms with E-state index in [0.29, 0.717) is 11.8 Å². The van der Waals surface area contributed by atoms with Gasteiger partial charge in [-0.05, 0) is 50.1 Å². The summed E-state index contributed by atoms with van der Waals surface area (Å²) >= 11 is 1.97. The molecule has 0 saturated carbocycles. The maximum Gasteiger partial charge on any atom is 0.145 e. The van der Waals surface area contributed by atoms with Crippen molar-refractivity contribution in [1.82, 2.24) is 9.38 Å². The minimum absolute atomic E-state index is 0.430. The van der Waals surface area contributed by atoms with Crippen LogP contribution >= 0.6 is 11.3 Å². The molecule has 0 amide bonds. The van der Waals surface area contributed by atoms with E-state index in [4.69, 9.17) is 4.98 Å². The third-order valence-corrected chi connectivity index (χ3v) is 8.70. The quantitative estimate of drug-likeness (QED) is 0.257. The fourth-order valence-electron chi connectivity index (χ4n) is 5.43. The number of rotatable bonds is 3. The minimum atomic E-state index is 0.430. The fourth-order valence-corrected chi connectivity index (χ4v) is 6.63. The second kappa shape index (κ2) is 8.21. The maximum absolute atomic E-state index is 5.15. The summed E-state index contributed by atoms with van der Waals surface area (Å²) in [6.45, 7) is 2.18. The van der Waals surface area contributed by atoms with E-state index >= 15 is 0 Å². The van der Waals surface area contributed by atoms with Crippen LogP contribution in [-0.4, -0.2) is 9.38 Å². The number of hydrogen-bond donors (Lipinski definition) is 0. The number of benzene rings is 2. The molecular weight excluding hydrogens is 444 g/mol. The average Bonchev–Trinajstić information content (AvgIpc) is 3.55. The van der Waals surface area contributed by atoms with Crippen LogP contribution in [0, 0.1) is 0 Å². The smallest absolute Gasteiger partial charge is 0.145 e. The van der Waals surface area contributed by atoms with Crippen LogP contribution in [0.25, 0.3) is 32.9 Å². The molecule has 3 heteroatoms. The Morgan fingerprint density at radius 2 is 1.54 bits per heavy atom. The van der Waals surface area contributed by atoms with Gasteiger partial charge in [0.15, 0.2) is 0 Å². The molecule has 0 spiro atoms. The lowest BCUT2D eigenvalue weighted by Gasteiger charge is -2.17. The summed E-state index contributed by atoms with van der Waals surface area (Å²) in [5, 5.41) is 2.44. The van der Waals surface area contributed by atoms with Gasteiger partial charge >= 0.3 is 0 Å². The van der Waals surface area contributed by atoms with Crippen molar-refractivity contribution in [3.8, 4) is 0 Å². The average molecular weight is 471 g/mol. The summed E-state index contributed by atoms with van der Waals surface area (Å²) in [5.74, 6) is 1.98. The lowest BCUT2D eigenvalue weighted by atomic mass is 9.94. The van der Waals surface area contributed by atoms with Crippen LogP contribution in [0.5, 0.6) is 0 Å². The van der Waals surface area contributed by atoms with Gasteiger partial charge in [-0.25, -0.2) is 4.98 Å². The zero-order valence-electron chi connectivity index (χ0n) is 19.7. The van der Waals surface area contributed by atoms with Crippen molar-refractivity contribution in [1.29, 1.82) is 0 Å². The van der Waals surface area contributed by atoms with Crippen LogP contribution in [0.2, 0.25) is 0 Å². The van der Waals surface area contributed by atoms with Crippen molar-refractivity contribution < 1.29 is 0 Å². The molecule has 7 rings (SSSR count). The Kier molecular flexibility index (Phi) is 4.85. The van der Waals surface area contributed by atoms with Gasteiger partial charge in [0, 0.05) is 37.9 Å². The Labute approximate surface area is 209 Å². The first-order valence-electron chi connectivity index (χ1n) is 12.4. The van der Waals surface area contributed by atoms with Crippen LogP contribution in [0.4, 0.5) is 0 Å². The van der Waals surface area contributed by atoms with Gasteiger partial charge in [-0.15, -0.1) is 11.3 Å². The van der Waals surface area contributed by atoms with Crippen LogP contribution in [-0.2, 0) is 0 Å². The van der Waals surface area contributed by atoms with Crippen molar-refractivity contribution in [3.05, 3.63) is 124 Å². The highest BCUT2D eigenvalue weighted by Gasteiger charge is 2.20. The van der Waals surface area contributed by atoms with E-state index in [2.05, 4.69) is 115 Å². The van der Waals surface area contributed by atoms with Crippen LogP contribution in [0.1, 0.15) is 47.2 Å². The van der Waals surface area contributed by atoms with E-state index in [0.717, 1.165) is 24.2 Å². The molecule has 170 valence electrons. The molecule has 2 aliphatic rings. The lowest BCUT2D eigenvalue weighted by Crippen LogP contribution is -2.03. The minimum Gasteiger partial charge on any atom is -0.293 e. The van der Waals surface area contributed by atoms with Gasteiger partial charge in [0.05, 0.1) is 16.6 Å². The molecule has 2 atom stereocenters. The number of allylic oxidation sites excluding steroid dienone is 8. The van der Waals surface area contributed by atoms with Crippen molar-refractivity contribution in [2.24, 2.45) is 0 Å². The summed E-state index contributed by atoms with van der Waals surface area (Å²) in [5.41, 5.74) is 6.04. The van der Waals surface area contributed by atoms with Crippen molar-refractivity contribution in [3.63, 3.8) is 0 Å². The molecule has 2 aromatic carbocycles. The van der Waals surface area contributed by atoms with E-state index in [1.807, 2.05) is 11.3 Å². The van der Waals surface area contributed by atoms with Gasteiger partial charge in [0.1, 0.15) is 5.82 Å². The van der Waals surface area contributed by atoms with Gasteiger partial charge in [-0.1, -0.05) is 78.4 Å². The normalized spacial score (nSPS) is 20.0. The highest BCUT2D eigenvalue weighted by molar-refractivity contribution is 7.12. The van der Waals surface area contributed by atoms with E-state index in [-0.39, 0.29) is 0 Å². The zero-order valence-corrected chi connectivity index (χ0v) is 20.5. The van der Waals surface area contributed by atoms with Gasteiger partial charge in [0.25, 0.3) is 0 Å². The molecule has 0 N–H and O–H groups in total. The second-order valence-electron chi connectivity index (χ2n) is 9.63. The summed E-state index contributed by atoms with van der Waals surface area (Å²) in [6, 6.07) is 24.0. The molecule has 3 aromatic heterocycles. The molecule has 2 unspecified atom stereocenters. The number of hydrogen-bond acceptors (Lipinski definition) is 2. The Balaban J connectivity index is 1.25. The number of aromatic nitrogens is 2. The molecule has 2 nitrogen and oxygen atoms in total. The lowest BCUT2D eigenvalue weighted by molar-refractivity contribution is 0.863. The maximum atomic E-state index is 5.15. The summed E-state index contributed by atoms with van der Waals surface area (Å²) in [4.78, 5) is 8.08. The van der Waals surface area contributed by atoms with Gasteiger partial charge in [0.2, 0.25) is 0 Å². The first-order valence-corrected chi connectivity index (χ1v) is 13.2. The third kappa shape index (κ3) is 3.50. The third-order valence-electron chi connectivity index (χ3n) is 7.35. The number of para-hydroxylation sites is 2. The SMILES string of the molecule is CC1=CCC(c2ccc(C3C=CC(c4nc5ccccc5c5cc6ccccc6n45)=CC3)s2)C=C1. The molecule has 3 heterocycles. The van der Waals surface area contributed by atoms with Crippen LogP contribution in [0.15, 0.2) is 109 Å². The molecule has 2 aliphatic carbocycles. The number of fused-ring (bicyclic) bond motifs is 5. The number of thiophene rings is 1. The predicted molar refractivity (Wildman–Crippen MR) is 149 cm³/mol. The monoisotopic (exact) mass is 470 g/mol. The summed E-state index contributed by atoms with van der Waals surface area (Å²) in [6.07, 6.45) is 16.1. The molecule has 0 saturated heterocycles. The largest absolute Gasteiger partial charge is 0.293 e. The van der Waals surface area contributed by atoms with Crippen molar-refractivity contribution >= 4 is 44.2 Å². The van der Waals surface area contributed by atoms with Gasteiger partial charge in [-0.2, -0.15) is 0 Å². The molecule has 0 radical (unpaired) electrons. The second-order valence-corrected chi connectivity index (χ2v) is 10.8. The highest BCUT2D eigenvalue weighted by Crippen LogP contribution is 2.39. The summed E-state index contributed by atoms with van der Waals surface area (Å²) in [7, 11) is 0. The van der Waals surface area contributed by atoms with Gasteiger partial charge in [-0.3, -0.25) is 4.40 Å². The topological polar surface area (TPSA) is 17.3 Å². The molecule has 0 aliphatic heterocycles. The Morgan fingerprint density at radius 1 is 0.800 bits per heavy atom. The van der Waals surface area contributed by atoms with Crippen molar-refractivity contribution in [2.45, 2.75) is 31.6 Å². The van der Waals surface area contributed by atoms with Crippen LogP contribution < -0.4 is 0 Å². The standard InChI is InChI=1S/C32H26N2S/c1-21-10-12-22(13-11-21)30-18-19-31(35-30)23-14-16-24(17-15-23)32-33-27-8-4-3-7-26(27)29-20-25-6-2-5-9-28(25)34(29)32/h2-12,14,16-20,22-23H,13,15H2,1H3. The van der Waals surface area contributed by atoms with Gasteiger partial charge < -0.3 is 0 Å². The molecule has 0 fully saturated rings. The summed E-state index contributed by atoms with van der Waals surface area (Å²) < 4.78 is 2.34. The highest BCUT2D eigenvalue weighted by atomic mass is 32.1. The Bertz CT molecular complexity index is 1720. The molecule has 5 aromatic rings. The van der Waals surface area contributed by atoms with E-state index < -0.39 is 0 Å². The zero-order chi connectivity index (χ0) is 23.4. The fraction of sp³-hybridized carbons (Fsp3) is 0.156. The number of nitrogens with zero attached hydrogens (tertiary/aromatic N) is 2. The van der Waals surface area contributed by atoms with E-state index in [1.54, 1.807) is 0 Å². The molecule has 0 bridgehead atoms. The van der Waals surface area contributed by atoms with E-state index in [1.165, 1.54) is 42.7 Å². The first kappa shape index (κ1) is 20.7. The first-order chi connectivity index (χ1) is 17.2. The van der Waals surface area contributed by atoms with Crippen molar-refractivity contribution in [2.75, 3.05) is 0 Å². The Morgan fingerprint density at radius 3 is 2.31 bits per heavy atom. The van der Waals surface area contributed by atoms with E-state index in [9.17, 15) is 0 Å². The predicted octanol–water partition coefficient (Wildman–Crippen LogP) is 8.82.